The molecule has 1 aromatic heterocycles. The van der Waals surface area contributed by atoms with E-state index in [0.717, 1.165) is 24.2 Å². The first-order valence-electron chi connectivity index (χ1n) is 8.80. The molecule has 0 amide bonds. The Labute approximate surface area is 154 Å². The highest BCUT2D eigenvalue weighted by Crippen LogP contribution is 2.21. The van der Waals surface area contributed by atoms with Crippen LogP contribution in [0, 0.1) is 6.92 Å². The number of pyridine rings is 1. The lowest BCUT2D eigenvalue weighted by Crippen LogP contribution is -2.33. The molecule has 3 aromatic rings. The highest BCUT2D eigenvalue weighted by Gasteiger charge is 2.00. The third-order valence-corrected chi connectivity index (χ3v) is 4.12. The van der Waals surface area contributed by atoms with E-state index >= 15 is 0 Å². The van der Waals surface area contributed by atoms with E-state index in [4.69, 9.17) is 5.73 Å². The number of guanidine groups is 1. The minimum absolute atomic E-state index is 0.460. The molecule has 0 aliphatic rings. The molecular formula is C22H24N4. The van der Waals surface area contributed by atoms with Gasteiger partial charge in [-0.25, -0.2) is 4.99 Å². The molecule has 132 valence electrons. The van der Waals surface area contributed by atoms with Crippen LogP contribution in [0.2, 0.25) is 0 Å². The lowest BCUT2D eigenvalue weighted by atomic mass is 10.0. The maximum atomic E-state index is 5.97. The Morgan fingerprint density at radius 2 is 1.81 bits per heavy atom. The molecule has 0 atom stereocenters. The molecule has 0 fully saturated rings. The van der Waals surface area contributed by atoms with E-state index in [-0.39, 0.29) is 0 Å². The van der Waals surface area contributed by atoms with Gasteiger partial charge in [-0.2, -0.15) is 0 Å². The highest BCUT2D eigenvalue weighted by atomic mass is 15.1. The zero-order chi connectivity index (χ0) is 18.2. The predicted molar refractivity (Wildman–Crippen MR) is 108 cm³/mol. The fourth-order valence-corrected chi connectivity index (χ4v) is 2.77. The van der Waals surface area contributed by atoms with Crippen LogP contribution in [0.4, 0.5) is 0 Å². The number of nitrogens with two attached hydrogens (primary N) is 1. The Kier molecular flexibility index (Phi) is 5.99. The second-order valence-electron chi connectivity index (χ2n) is 6.27. The number of rotatable bonds is 6. The van der Waals surface area contributed by atoms with Crippen LogP contribution < -0.4 is 11.1 Å². The molecule has 0 spiro atoms. The summed E-state index contributed by atoms with van der Waals surface area (Å²) in [7, 11) is 0. The Bertz CT molecular complexity index is 872. The van der Waals surface area contributed by atoms with E-state index in [2.05, 4.69) is 70.7 Å². The standard InChI is InChI=1S/C22H24N4/c1-17-6-4-8-19(14-17)20-9-5-7-18(15-20)16-26-22(23)25-13-11-21-10-2-3-12-24-21/h2-10,12,14-15H,11,13,16H2,1H3,(H3,23,25,26). The molecule has 4 nitrogen and oxygen atoms in total. The second-order valence-corrected chi connectivity index (χ2v) is 6.27. The largest absolute Gasteiger partial charge is 0.370 e. The Morgan fingerprint density at radius 3 is 2.58 bits per heavy atom. The molecule has 0 bridgehead atoms. The van der Waals surface area contributed by atoms with Gasteiger partial charge in [0.25, 0.3) is 0 Å². The minimum atomic E-state index is 0.460. The summed E-state index contributed by atoms with van der Waals surface area (Å²) in [5, 5.41) is 3.14. The summed E-state index contributed by atoms with van der Waals surface area (Å²) < 4.78 is 0. The number of aryl methyl sites for hydroxylation is 1. The number of nitrogens with one attached hydrogen (secondary N) is 1. The van der Waals surface area contributed by atoms with Crippen LogP contribution in [0.1, 0.15) is 16.8 Å². The predicted octanol–water partition coefficient (Wildman–Crippen LogP) is 3.70. The quantitative estimate of drug-likeness (QED) is 0.529. The van der Waals surface area contributed by atoms with Gasteiger partial charge in [0, 0.05) is 24.9 Å². The van der Waals surface area contributed by atoms with Gasteiger partial charge in [-0.1, -0.05) is 54.1 Å². The summed E-state index contributed by atoms with van der Waals surface area (Å²) in [5.74, 6) is 0.460. The van der Waals surface area contributed by atoms with Crippen molar-refractivity contribution in [3.8, 4) is 11.1 Å². The smallest absolute Gasteiger partial charge is 0.188 e. The number of benzene rings is 2. The lowest BCUT2D eigenvalue weighted by molar-refractivity contribution is 0.827. The molecule has 4 heteroatoms. The zero-order valence-electron chi connectivity index (χ0n) is 15.0. The maximum absolute atomic E-state index is 5.97. The van der Waals surface area contributed by atoms with Crippen molar-refractivity contribution in [1.29, 1.82) is 0 Å². The topological polar surface area (TPSA) is 63.3 Å². The number of hydrogen-bond donors (Lipinski definition) is 2. The van der Waals surface area contributed by atoms with Crippen molar-refractivity contribution in [2.75, 3.05) is 6.54 Å². The first-order chi connectivity index (χ1) is 12.7. The Balaban J connectivity index is 1.56. The fraction of sp³-hybridized carbons (Fsp3) is 0.182. The van der Waals surface area contributed by atoms with Crippen molar-refractivity contribution in [3.63, 3.8) is 0 Å². The summed E-state index contributed by atoms with van der Waals surface area (Å²) in [6.07, 6.45) is 2.62. The van der Waals surface area contributed by atoms with Gasteiger partial charge in [-0.15, -0.1) is 0 Å². The Morgan fingerprint density at radius 1 is 1.00 bits per heavy atom. The molecule has 0 radical (unpaired) electrons. The number of hydrogen-bond acceptors (Lipinski definition) is 2. The third-order valence-electron chi connectivity index (χ3n) is 4.12. The molecule has 0 aliphatic carbocycles. The fourth-order valence-electron chi connectivity index (χ4n) is 2.77. The summed E-state index contributed by atoms with van der Waals surface area (Å²) in [6.45, 7) is 3.38. The van der Waals surface area contributed by atoms with Gasteiger partial charge in [-0.05, 0) is 41.8 Å². The molecule has 1 heterocycles. The van der Waals surface area contributed by atoms with Crippen molar-refractivity contribution in [2.45, 2.75) is 19.9 Å². The molecular weight excluding hydrogens is 320 g/mol. The van der Waals surface area contributed by atoms with E-state index in [1.807, 2.05) is 18.2 Å². The van der Waals surface area contributed by atoms with Crippen molar-refractivity contribution >= 4 is 5.96 Å². The van der Waals surface area contributed by atoms with Crippen LogP contribution in [-0.2, 0) is 13.0 Å². The molecule has 3 N–H and O–H groups in total. The molecule has 2 aromatic carbocycles. The van der Waals surface area contributed by atoms with Gasteiger partial charge in [-0.3, -0.25) is 4.98 Å². The van der Waals surface area contributed by atoms with Crippen LogP contribution in [0.3, 0.4) is 0 Å². The average Bonchev–Trinajstić information content (AvgIpc) is 2.67. The Hall–Kier alpha value is -3.14. The highest BCUT2D eigenvalue weighted by molar-refractivity contribution is 5.77. The zero-order valence-corrected chi connectivity index (χ0v) is 15.0. The van der Waals surface area contributed by atoms with E-state index in [1.165, 1.54) is 16.7 Å². The first-order valence-corrected chi connectivity index (χ1v) is 8.80. The van der Waals surface area contributed by atoms with Crippen LogP contribution in [0.25, 0.3) is 11.1 Å². The number of nitrogens with zero attached hydrogens (tertiary/aromatic N) is 2. The van der Waals surface area contributed by atoms with Crippen molar-refractivity contribution < 1.29 is 0 Å². The summed E-state index contributed by atoms with van der Waals surface area (Å²) in [5.41, 5.74) is 11.8. The first kappa shape index (κ1) is 17.7. The van der Waals surface area contributed by atoms with Crippen molar-refractivity contribution in [1.82, 2.24) is 10.3 Å². The van der Waals surface area contributed by atoms with Crippen molar-refractivity contribution in [2.24, 2.45) is 10.7 Å². The van der Waals surface area contributed by atoms with Crippen LogP contribution in [-0.4, -0.2) is 17.5 Å². The molecule has 26 heavy (non-hydrogen) atoms. The van der Waals surface area contributed by atoms with Gasteiger partial charge in [0.15, 0.2) is 5.96 Å². The summed E-state index contributed by atoms with van der Waals surface area (Å²) in [4.78, 5) is 8.73. The van der Waals surface area contributed by atoms with E-state index in [9.17, 15) is 0 Å². The molecule has 0 aliphatic heterocycles. The van der Waals surface area contributed by atoms with Gasteiger partial charge >= 0.3 is 0 Å². The molecule has 3 rings (SSSR count). The normalized spacial score (nSPS) is 11.3. The molecule has 0 saturated carbocycles. The van der Waals surface area contributed by atoms with Crippen molar-refractivity contribution in [3.05, 3.63) is 89.7 Å². The summed E-state index contributed by atoms with van der Waals surface area (Å²) >= 11 is 0. The summed E-state index contributed by atoms with van der Waals surface area (Å²) in [6, 6.07) is 22.8. The maximum Gasteiger partial charge on any atom is 0.188 e. The SMILES string of the molecule is Cc1cccc(-c2cccc(CN=C(N)NCCc3ccccn3)c2)c1. The second kappa shape index (κ2) is 8.81. The molecule has 0 unspecified atom stereocenters. The van der Waals surface area contributed by atoms with Gasteiger partial charge in [0.1, 0.15) is 0 Å². The third kappa shape index (κ3) is 5.18. The van der Waals surface area contributed by atoms with Crippen LogP contribution >= 0.6 is 0 Å². The van der Waals surface area contributed by atoms with Crippen LogP contribution in [0.15, 0.2) is 77.9 Å². The van der Waals surface area contributed by atoms with Gasteiger partial charge in [0.05, 0.1) is 6.54 Å². The van der Waals surface area contributed by atoms with Gasteiger partial charge in [0.2, 0.25) is 0 Å². The van der Waals surface area contributed by atoms with Crippen LogP contribution in [0.5, 0.6) is 0 Å². The molecule has 0 saturated heterocycles. The number of aromatic nitrogens is 1. The minimum Gasteiger partial charge on any atom is -0.370 e. The average molecular weight is 344 g/mol. The van der Waals surface area contributed by atoms with E-state index in [0.29, 0.717) is 12.5 Å². The number of aliphatic imine (C=N–C) groups is 1. The van der Waals surface area contributed by atoms with E-state index < -0.39 is 0 Å². The van der Waals surface area contributed by atoms with Gasteiger partial charge < -0.3 is 11.1 Å². The van der Waals surface area contributed by atoms with E-state index in [1.54, 1.807) is 6.20 Å². The monoisotopic (exact) mass is 344 g/mol. The lowest BCUT2D eigenvalue weighted by Gasteiger charge is -2.07.